The zero-order valence-electron chi connectivity index (χ0n) is 26.3. The number of benzene rings is 2. The molecule has 3 aliphatic heterocycles. The number of methoxy groups -OCH3 is 1. The molecular formula is C35H37FN6O5. The quantitative estimate of drug-likeness (QED) is 0.269. The molecule has 0 N–H and O–H groups in total. The van der Waals surface area contributed by atoms with Gasteiger partial charge in [0.1, 0.15) is 11.6 Å². The maximum absolute atomic E-state index is 14.1. The van der Waals surface area contributed by atoms with E-state index in [1.54, 1.807) is 58.8 Å². The number of imide groups is 1. The highest BCUT2D eigenvalue weighted by molar-refractivity contribution is 6.34. The van der Waals surface area contributed by atoms with Crippen molar-refractivity contribution < 1.29 is 23.5 Å². The van der Waals surface area contributed by atoms with Gasteiger partial charge in [-0.25, -0.2) is 19.1 Å². The van der Waals surface area contributed by atoms with Gasteiger partial charge < -0.3 is 9.64 Å². The van der Waals surface area contributed by atoms with Gasteiger partial charge in [-0.15, -0.1) is 0 Å². The smallest absolute Gasteiger partial charge is 0.329 e. The minimum absolute atomic E-state index is 0.0428. The molecule has 2 fully saturated rings. The van der Waals surface area contributed by atoms with Crippen molar-refractivity contribution in [2.75, 3.05) is 44.8 Å². The summed E-state index contributed by atoms with van der Waals surface area (Å²) in [6.45, 7) is 4.07. The Bertz CT molecular complexity index is 1850. The molecule has 2 saturated heterocycles. The number of likely N-dealkylation sites (tertiary alicyclic amines) is 2. The van der Waals surface area contributed by atoms with Gasteiger partial charge in [-0.2, -0.15) is 0 Å². The zero-order valence-corrected chi connectivity index (χ0v) is 26.3. The van der Waals surface area contributed by atoms with Crippen LogP contribution >= 0.6 is 0 Å². The lowest BCUT2D eigenvalue weighted by molar-refractivity contribution is -0.138. The molecule has 2 aromatic carbocycles. The minimum Gasteiger partial charge on any atom is -0.383 e. The SMILES string of the molecule is COCCn1c(=O)n(C2CCN(C(=O)C3CCN(Cc4ccc(N5C(=O)c6ccccc6C5=O)nc4)CC3)CC2)c2ccc(F)cc21. The first-order valence-electron chi connectivity index (χ1n) is 16.2. The summed E-state index contributed by atoms with van der Waals surface area (Å²) in [5, 5.41) is 0. The van der Waals surface area contributed by atoms with Crippen LogP contribution in [-0.2, 0) is 22.6 Å². The van der Waals surface area contributed by atoms with Gasteiger partial charge in [-0.1, -0.05) is 18.2 Å². The van der Waals surface area contributed by atoms with Crippen LogP contribution in [0, 0.1) is 11.7 Å². The van der Waals surface area contributed by atoms with Gasteiger partial charge in [-0.3, -0.25) is 28.4 Å². The molecule has 0 aliphatic carbocycles. The average molecular weight is 641 g/mol. The van der Waals surface area contributed by atoms with Gasteiger partial charge in [0.05, 0.1) is 35.3 Å². The molecule has 0 spiro atoms. The number of piperidine rings is 2. The molecule has 4 aromatic rings. The lowest BCUT2D eigenvalue weighted by Crippen LogP contribution is -2.46. The van der Waals surface area contributed by atoms with Crippen molar-refractivity contribution >= 4 is 34.6 Å². The fraction of sp³-hybridized carbons (Fsp3) is 0.400. The van der Waals surface area contributed by atoms with Gasteiger partial charge in [0, 0.05) is 44.9 Å². The van der Waals surface area contributed by atoms with Crippen LogP contribution in [0.2, 0.25) is 0 Å². The van der Waals surface area contributed by atoms with E-state index in [1.807, 2.05) is 11.0 Å². The van der Waals surface area contributed by atoms with Crippen molar-refractivity contribution in [1.29, 1.82) is 0 Å². The van der Waals surface area contributed by atoms with Crippen molar-refractivity contribution in [2.24, 2.45) is 5.92 Å². The summed E-state index contributed by atoms with van der Waals surface area (Å²) >= 11 is 0. The summed E-state index contributed by atoms with van der Waals surface area (Å²) in [5.74, 6) is -0.674. The monoisotopic (exact) mass is 640 g/mol. The molecule has 0 unspecified atom stereocenters. The molecule has 0 radical (unpaired) electrons. The van der Waals surface area contributed by atoms with E-state index >= 15 is 0 Å². The second-order valence-electron chi connectivity index (χ2n) is 12.6. The van der Waals surface area contributed by atoms with E-state index < -0.39 is 0 Å². The molecule has 0 bridgehead atoms. The van der Waals surface area contributed by atoms with E-state index in [1.165, 1.54) is 12.1 Å². The summed E-state index contributed by atoms with van der Waals surface area (Å²) in [6.07, 6.45) is 4.55. The molecule has 3 amide bonds. The summed E-state index contributed by atoms with van der Waals surface area (Å²) in [7, 11) is 1.57. The highest BCUT2D eigenvalue weighted by Gasteiger charge is 2.37. The number of ether oxygens (including phenoxy) is 1. The summed E-state index contributed by atoms with van der Waals surface area (Å²) < 4.78 is 22.6. The number of carbonyl (C=O) groups is 3. The lowest BCUT2D eigenvalue weighted by atomic mass is 9.93. The molecule has 11 nitrogen and oxygen atoms in total. The van der Waals surface area contributed by atoms with Gasteiger partial charge in [0.2, 0.25) is 5.91 Å². The highest BCUT2D eigenvalue weighted by atomic mass is 19.1. The van der Waals surface area contributed by atoms with E-state index in [2.05, 4.69) is 9.88 Å². The summed E-state index contributed by atoms with van der Waals surface area (Å²) in [5.41, 5.74) is 2.85. The standard InChI is InChI=1S/C35H37FN6O5/c1-47-19-18-40-30-20-25(36)7-8-29(30)41(35(40)46)26-12-16-39(17-13-26)32(43)24-10-14-38(15-11-24)22-23-6-9-31(37-21-23)42-33(44)27-4-2-3-5-28(27)34(42)45/h2-9,20-21,24,26H,10-19,22H2,1H3. The van der Waals surface area contributed by atoms with E-state index in [4.69, 9.17) is 4.74 Å². The molecule has 12 heteroatoms. The van der Waals surface area contributed by atoms with Crippen molar-refractivity contribution in [3.63, 3.8) is 0 Å². The normalized spacial score (nSPS) is 18.0. The van der Waals surface area contributed by atoms with Crippen molar-refractivity contribution in [1.82, 2.24) is 23.9 Å². The van der Waals surface area contributed by atoms with Crippen LogP contribution in [0.15, 0.2) is 65.6 Å². The molecule has 0 atom stereocenters. The number of amides is 3. The lowest BCUT2D eigenvalue weighted by Gasteiger charge is -2.37. The first kappa shape index (κ1) is 30.9. The van der Waals surface area contributed by atoms with E-state index in [0.717, 1.165) is 36.4 Å². The first-order chi connectivity index (χ1) is 22.8. The fourth-order valence-electron chi connectivity index (χ4n) is 7.24. The minimum atomic E-state index is -0.388. The maximum atomic E-state index is 14.1. The molecule has 47 heavy (non-hydrogen) atoms. The number of halogens is 1. The van der Waals surface area contributed by atoms with Gasteiger partial charge >= 0.3 is 5.69 Å². The van der Waals surface area contributed by atoms with E-state index in [0.29, 0.717) is 73.6 Å². The van der Waals surface area contributed by atoms with Crippen LogP contribution in [0.1, 0.15) is 58.0 Å². The molecule has 0 saturated carbocycles. The van der Waals surface area contributed by atoms with Crippen molar-refractivity contribution in [3.8, 4) is 0 Å². The van der Waals surface area contributed by atoms with Crippen molar-refractivity contribution in [3.05, 3.63) is 93.8 Å². The summed E-state index contributed by atoms with van der Waals surface area (Å²) in [4.78, 5) is 62.3. The topological polar surface area (TPSA) is 110 Å². The fourth-order valence-corrected chi connectivity index (χ4v) is 7.24. The predicted octanol–water partition coefficient (Wildman–Crippen LogP) is 3.86. The predicted molar refractivity (Wildman–Crippen MR) is 173 cm³/mol. The number of nitrogens with zero attached hydrogens (tertiary/aromatic N) is 6. The van der Waals surface area contributed by atoms with Gasteiger partial charge in [-0.05, 0) is 80.7 Å². The Morgan fingerprint density at radius 2 is 1.60 bits per heavy atom. The number of carbonyl (C=O) groups excluding carboxylic acids is 3. The van der Waals surface area contributed by atoms with Crippen LogP contribution in [0.5, 0.6) is 0 Å². The Hall–Kier alpha value is -4.68. The zero-order chi connectivity index (χ0) is 32.7. The number of rotatable bonds is 8. The molecule has 3 aliphatic rings. The number of fused-ring (bicyclic) bond motifs is 2. The number of hydrogen-bond acceptors (Lipinski definition) is 7. The molecular weight excluding hydrogens is 603 g/mol. The Morgan fingerprint density at radius 1 is 0.894 bits per heavy atom. The first-order valence-corrected chi connectivity index (χ1v) is 16.2. The van der Waals surface area contributed by atoms with Crippen LogP contribution < -0.4 is 10.6 Å². The largest absolute Gasteiger partial charge is 0.383 e. The Kier molecular flexibility index (Phi) is 8.46. The molecule has 244 valence electrons. The van der Waals surface area contributed by atoms with Crippen LogP contribution in [-0.4, -0.2) is 81.5 Å². The third-order valence-corrected chi connectivity index (χ3v) is 9.76. The Balaban J connectivity index is 0.923. The number of pyridine rings is 1. The second kappa shape index (κ2) is 12.8. The Labute approximate surface area is 271 Å². The molecule has 2 aromatic heterocycles. The maximum Gasteiger partial charge on any atom is 0.329 e. The number of anilines is 1. The average Bonchev–Trinajstić information content (AvgIpc) is 3.52. The third kappa shape index (κ3) is 5.76. The van der Waals surface area contributed by atoms with Crippen LogP contribution in [0.4, 0.5) is 10.2 Å². The number of hydrogen-bond donors (Lipinski definition) is 0. The van der Waals surface area contributed by atoms with Crippen molar-refractivity contribution in [2.45, 2.75) is 44.8 Å². The van der Waals surface area contributed by atoms with Gasteiger partial charge in [0.25, 0.3) is 11.8 Å². The summed E-state index contributed by atoms with van der Waals surface area (Å²) in [6, 6.07) is 14.8. The third-order valence-electron chi connectivity index (χ3n) is 9.76. The van der Waals surface area contributed by atoms with E-state index in [-0.39, 0.29) is 41.2 Å². The molecule has 7 rings (SSSR count). The van der Waals surface area contributed by atoms with Crippen LogP contribution in [0.25, 0.3) is 11.0 Å². The number of aromatic nitrogens is 3. The number of imidazole rings is 1. The molecule has 5 heterocycles. The van der Waals surface area contributed by atoms with Crippen LogP contribution in [0.3, 0.4) is 0 Å². The van der Waals surface area contributed by atoms with E-state index in [9.17, 15) is 23.6 Å². The second-order valence-corrected chi connectivity index (χ2v) is 12.6. The van der Waals surface area contributed by atoms with Gasteiger partial charge in [0.15, 0.2) is 0 Å². The highest BCUT2D eigenvalue weighted by Crippen LogP contribution is 2.30. The Morgan fingerprint density at radius 3 is 2.23 bits per heavy atom.